The van der Waals surface area contributed by atoms with Crippen molar-refractivity contribution in [1.29, 1.82) is 0 Å². The van der Waals surface area contributed by atoms with Gasteiger partial charge in [-0.2, -0.15) is 0 Å². The molecule has 0 aliphatic rings. The third-order valence-corrected chi connectivity index (χ3v) is 7.04. The van der Waals surface area contributed by atoms with Gasteiger partial charge in [0.25, 0.3) is 0 Å². The molecule has 0 spiro atoms. The van der Waals surface area contributed by atoms with Crippen LogP contribution in [0.1, 0.15) is 13.8 Å². The highest BCUT2D eigenvalue weighted by molar-refractivity contribution is 7.95. The molecule has 0 atom stereocenters. The van der Waals surface area contributed by atoms with Crippen LogP contribution in [0.15, 0.2) is 72.6 Å². The molecule has 2 amide bonds. The zero-order chi connectivity index (χ0) is 25.9. The first-order chi connectivity index (χ1) is 15.5. The largest absolute Gasteiger partial charge is 0.448 e. The number of amides is 2. The molecule has 10 nitrogen and oxygen atoms in total. The summed E-state index contributed by atoms with van der Waals surface area (Å²) in [5, 5.41) is 4.33. The molecule has 12 heteroatoms. The van der Waals surface area contributed by atoms with E-state index >= 15 is 0 Å². The van der Waals surface area contributed by atoms with Crippen LogP contribution < -0.4 is 10.6 Å². The Bertz CT molecular complexity index is 962. The van der Waals surface area contributed by atoms with Crippen molar-refractivity contribution in [2.45, 2.75) is 13.8 Å². The fourth-order valence-corrected chi connectivity index (χ4v) is 4.16. The second-order valence-corrected chi connectivity index (χ2v) is 9.85. The van der Waals surface area contributed by atoms with Crippen molar-refractivity contribution in [1.82, 2.24) is 10.6 Å². The molecule has 0 fully saturated rings. The molecule has 0 saturated carbocycles. The van der Waals surface area contributed by atoms with E-state index in [0.29, 0.717) is 0 Å². The van der Waals surface area contributed by atoms with E-state index in [2.05, 4.69) is 36.9 Å². The lowest BCUT2D eigenvalue weighted by atomic mass is 10.4. The Hall–Kier alpha value is -3.12. The third kappa shape index (κ3) is 13.8. The highest BCUT2D eigenvalue weighted by Gasteiger charge is 2.17. The maximum atomic E-state index is 12.1. The summed E-state index contributed by atoms with van der Waals surface area (Å²) >= 11 is 0. The molecule has 0 aliphatic heterocycles. The molecule has 186 valence electrons. The van der Waals surface area contributed by atoms with E-state index in [0.717, 1.165) is 0 Å². The number of carbonyl (C=O) groups is 2. The van der Waals surface area contributed by atoms with Gasteiger partial charge < -0.3 is 20.1 Å². The van der Waals surface area contributed by atoms with Gasteiger partial charge in [-0.15, -0.1) is 13.2 Å². The number of sulfone groups is 2. The van der Waals surface area contributed by atoms with Crippen molar-refractivity contribution >= 4 is 31.9 Å². The van der Waals surface area contributed by atoms with E-state index in [1.54, 1.807) is 26.0 Å². The van der Waals surface area contributed by atoms with Gasteiger partial charge in [-0.25, -0.2) is 26.4 Å². The number of hydrogen-bond donors (Lipinski definition) is 2. The Morgan fingerprint density at radius 2 is 1.24 bits per heavy atom. The van der Waals surface area contributed by atoms with Crippen molar-refractivity contribution < 1.29 is 35.9 Å². The molecule has 2 N–H and O–H groups in total. The third-order valence-electron chi connectivity index (χ3n) is 3.49. The van der Waals surface area contributed by atoms with Crippen LogP contribution in [0.3, 0.4) is 0 Å². The number of hydrogen-bond acceptors (Lipinski definition) is 8. The summed E-state index contributed by atoms with van der Waals surface area (Å²) < 4.78 is 57.4. The summed E-state index contributed by atoms with van der Waals surface area (Å²) in [5.41, 5.74) is 0. The number of ether oxygens (including phenoxy) is 2. The second-order valence-electron chi connectivity index (χ2n) is 5.63. The molecular weight excluding hydrogens is 472 g/mol. The predicted molar refractivity (Wildman–Crippen MR) is 130 cm³/mol. The van der Waals surface area contributed by atoms with Crippen LogP contribution >= 0.6 is 0 Å². The van der Waals surface area contributed by atoms with Crippen molar-refractivity contribution in [3.63, 3.8) is 0 Å². The molecule has 33 heavy (non-hydrogen) atoms. The van der Waals surface area contributed by atoms with Crippen LogP contribution in [-0.2, 0) is 29.1 Å². The average molecular weight is 505 g/mol. The van der Waals surface area contributed by atoms with Crippen molar-refractivity contribution in [2.24, 2.45) is 0 Å². The number of allylic oxidation sites excluding steroid dienone is 6. The molecule has 0 aliphatic carbocycles. The number of nitrogens with one attached hydrogen (secondary N) is 2. The van der Waals surface area contributed by atoms with Gasteiger partial charge in [0, 0.05) is 0 Å². The minimum absolute atomic E-state index is 0.00401. The number of carbonyl (C=O) groups excluding carboxylic acids is 2. The Morgan fingerprint density at radius 1 is 0.818 bits per heavy atom. The van der Waals surface area contributed by atoms with Crippen molar-refractivity contribution in [2.75, 3.05) is 31.4 Å². The molecule has 0 bridgehead atoms. The lowest BCUT2D eigenvalue weighted by Gasteiger charge is -2.10. The highest BCUT2D eigenvalue weighted by atomic mass is 32.2. The van der Waals surface area contributed by atoms with Crippen LogP contribution in [0, 0.1) is 0 Å². The Kier molecular flexibility index (Phi) is 16.9. The quantitative estimate of drug-likeness (QED) is 0.221. The van der Waals surface area contributed by atoms with Gasteiger partial charge in [0.2, 0.25) is 0 Å². The minimum Gasteiger partial charge on any atom is -0.448 e. The summed E-state index contributed by atoms with van der Waals surface area (Å²) in [6.45, 7) is 14.9. The van der Waals surface area contributed by atoms with E-state index in [4.69, 9.17) is 9.47 Å². The molecule has 0 radical (unpaired) electrons. The standard InChI is InChI=1S/C19H28N2O8S2.C2H4/c1-5-9-10-17(8-4)31(26,27)14-12-29-19(23)21-15-20-18(22)28-11-13-30(24,25)16(6-2)7-3;1-2/h5-10H,2,4,11-15H2,1,3H3,(H,20,22)(H,21,23);1-2H2/b9-5-,16-7+,17-10+;. The lowest BCUT2D eigenvalue weighted by Crippen LogP contribution is -2.38. The summed E-state index contributed by atoms with van der Waals surface area (Å²) in [6.07, 6.45) is 6.41. The molecule has 0 aromatic rings. The topological polar surface area (TPSA) is 145 Å². The van der Waals surface area contributed by atoms with Gasteiger partial charge in [0.15, 0.2) is 19.7 Å². The van der Waals surface area contributed by atoms with Gasteiger partial charge >= 0.3 is 12.2 Å². The highest BCUT2D eigenvalue weighted by Crippen LogP contribution is 2.09. The van der Waals surface area contributed by atoms with E-state index in [1.165, 1.54) is 24.3 Å². The summed E-state index contributed by atoms with van der Waals surface area (Å²) in [6, 6.07) is 0. The van der Waals surface area contributed by atoms with E-state index in [1.807, 2.05) is 0 Å². The molecule has 0 saturated heterocycles. The summed E-state index contributed by atoms with van der Waals surface area (Å²) in [4.78, 5) is 23.1. The zero-order valence-electron chi connectivity index (χ0n) is 18.9. The normalized spacial score (nSPS) is 12.2. The van der Waals surface area contributed by atoms with E-state index < -0.39 is 56.6 Å². The van der Waals surface area contributed by atoms with E-state index in [9.17, 15) is 26.4 Å². The molecule has 0 aromatic heterocycles. The zero-order valence-corrected chi connectivity index (χ0v) is 20.5. The first-order valence-electron chi connectivity index (χ1n) is 9.55. The first kappa shape index (κ1) is 32.1. The van der Waals surface area contributed by atoms with Crippen LogP contribution in [0.25, 0.3) is 0 Å². The molecule has 0 rings (SSSR count). The van der Waals surface area contributed by atoms with Crippen molar-refractivity contribution in [3.05, 3.63) is 72.6 Å². The first-order valence-corrected chi connectivity index (χ1v) is 12.9. The van der Waals surface area contributed by atoms with Crippen LogP contribution in [0.2, 0.25) is 0 Å². The molecule has 0 unspecified atom stereocenters. The van der Waals surface area contributed by atoms with Gasteiger partial charge in [0.05, 0.1) is 28.0 Å². The number of rotatable bonds is 13. The van der Waals surface area contributed by atoms with Crippen LogP contribution in [-0.4, -0.2) is 60.4 Å². The lowest BCUT2D eigenvalue weighted by molar-refractivity contribution is 0.144. The molecular formula is C21H32N2O8S2. The molecule has 0 heterocycles. The monoisotopic (exact) mass is 504 g/mol. The van der Waals surface area contributed by atoms with E-state index in [-0.39, 0.29) is 16.5 Å². The summed E-state index contributed by atoms with van der Waals surface area (Å²) in [7, 11) is -7.27. The fourth-order valence-electron chi connectivity index (χ4n) is 1.93. The maximum Gasteiger partial charge on any atom is 0.408 e. The Morgan fingerprint density at radius 3 is 1.61 bits per heavy atom. The van der Waals surface area contributed by atoms with Gasteiger partial charge in [-0.1, -0.05) is 43.5 Å². The molecule has 0 aromatic carbocycles. The van der Waals surface area contributed by atoms with Gasteiger partial charge in [-0.05, 0) is 19.9 Å². The average Bonchev–Trinajstić information content (AvgIpc) is 2.76. The fraction of sp³-hybridized carbons (Fsp3) is 0.333. The van der Waals surface area contributed by atoms with Crippen LogP contribution in [0.5, 0.6) is 0 Å². The Balaban J connectivity index is 0. The predicted octanol–water partition coefficient (Wildman–Crippen LogP) is 2.76. The SMILES string of the molecule is C=C.C=C/C(=C\C)S(=O)(=O)CCOC(=O)NCNC(=O)OCCS(=O)(=O)/C(C=C)=C/C=C\C. The summed E-state index contributed by atoms with van der Waals surface area (Å²) in [5.74, 6) is -0.871. The minimum atomic E-state index is -3.67. The van der Waals surface area contributed by atoms with Crippen LogP contribution in [0.4, 0.5) is 9.59 Å². The van der Waals surface area contributed by atoms with Gasteiger partial charge in [0.1, 0.15) is 13.2 Å². The smallest absolute Gasteiger partial charge is 0.408 e. The Labute approximate surface area is 196 Å². The van der Waals surface area contributed by atoms with Crippen molar-refractivity contribution in [3.8, 4) is 0 Å². The second kappa shape index (κ2) is 17.4. The maximum absolute atomic E-state index is 12.1. The number of alkyl carbamates (subject to hydrolysis) is 2. The van der Waals surface area contributed by atoms with Gasteiger partial charge in [-0.3, -0.25) is 0 Å².